The highest BCUT2D eigenvalue weighted by Crippen LogP contribution is 2.36. The van der Waals surface area contributed by atoms with E-state index >= 15 is 0 Å². The topological polar surface area (TPSA) is 80.3 Å². The van der Waals surface area contributed by atoms with Crippen LogP contribution in [0.2, 0.25) is 0 Å². The van der Waals surface area contributed by atoms with Gasteiger partial charge in [-0.1, -0.05) is 6.07 Å². The zero-order chi connectivity index (χ0) is 18.3. The number of hydrogen-bond acceptors (Lipinski definition) is 6. The van der Waals surface area contributed by atoms with Gasteiger partial charge in [-0.05, 0) is 31.8 Å². The number of carbonyl (C=O) groups is 2. The SMILES string of the molecule is CN(C)[C@H](C(=O)N1CCC2(CC1)CNC(=O)O2)c1ccc2c(c1)OCO2. The van der Waals surface area contributed by atoms with Crippen LogP contribution >= 0.6 is 0 Å². The molecule has 2 fully saturated rings. The van der Waals surface area contributed by atoms with Gasteiger partial charge in [-0.25, -0.2) is 4.79 Å². The zero-order valence-electron chi connectivity index (χ0n) is 15.0. The van der Waals surface area contributed by atoms with Crippen LogP contribution < -0.4 is 14.8 Å². The maximum atomic E-state index is 13.2. The second kappa shape index (κ2) is 6.35. The Balaban J connectivity index is 1.49. The van der Waals surface area contributed by atoms with Crippen molar-refractivity contribution in [2.45, 2.75) is 24.5 Å². The number of rotatable bonds is 3. The number of benzene rings is 1. The Hall–Kier alpha value is -2.48. The lowest BCUT2D eigenvalue weighted by Crippen LogP contribution is -2.51. The maximum absolute atomic E-state index is 13.2. The predicted molar refractivity (Wildman–Crippen MR) is 92.0 cm³/mol. The average Bonchev–Trinajstić information content (AvgIpc) is 3.22. The van der Waals surface area contributed by atoms with Gasteiger partial charge in [0.2, 0.25) is 12.7 Å². The highest BCUT2D eigenvalue weighted by Gasteiger charge is 2.44. The lowest BCUT2D eigenvalue weighted by molar-refractivity contribution is -0.139. The van der Waals surface area contributed by atoms with Crippen LogP contribution in [0.5, 0.6) is 11.5 Å². The first-order valence-corrected chi connectivity index (χ1v) is 8.79. The third-order valence-electron chi connectivity index (χ3n) is 5.31. The molecule has 0 saturated carbocycles. The van der Waals surface area contributed by atoms with Crippen LogP contribution in [0.15, 0.2) is 18.2 Å². The minimum absolute atomic E-state index is 0.0426. The Morgan fingerprint density at radius 3 is 2.62 bits per heavy atom. The number of fused-ring (bicyclic) bond motifs is 1. The van der Waals surface area contributed by atoms with Crippen molar-refractivity contribution in [1.29, 1.82) is 0 Å². The smallest absolute Gasteiger partial charge is 0.407 e. The molecular weight excluding hydrogens is 338 g/mol. The molecular formula is C18H23N3O5. The van der Waals surface area contributed by atoms with Gasteiger partial charge in [-0.3, -0.25) is 9.69 Å². The van der Waals surface area contributed by atoms with Crippen LogP contribution in [-0.2, 0) is 9.53 Å². The first-order chi connectivity index (χ1) is 12.5. The van der Waals surface area contributed by atoms with Crippen LogP contribution in [0.3, 0.4) is 0 Å². The number of likely N-dealkylation sites (tertiary alicyclic amines) is 1. The molecule has 26 heavy (non-hydrogen) atoms. The van der Waals surface area contributed by atoms with Gasteiger partial charge in [-0.15, -0.1) is 0 Å². The first kappa shape index (κ1) is 17.0. The van der Waals surface area contributed by atoms with Crippen molar-refractivity contribution in [3.8, 4) is 11.5 Å². The van der Waals surface area contributed by atoms with Gasteiger partial charge in [0.25, 0.3) is 0 Å². The maximum Gasteiger partial charge on any atom is 0.407 e. The van der Waals surface area contributed by atoms with Crippen LogP contribution in [0.4, 0.5) is 4.79 Å². The molecule has 2 amide bonds. The molecule has 0 radical (unpaired) electrons. The van der Waals surface area contributed by atoms with Crippen molar-refractivity contribution in [1.82, 2.24) is 15.1 Å². The molecule has 0 aromatic heterocycles. The minimum Gasteiger partial charge on any atom is -0.454 e. The molecule has 3 aliphatic rings. The van der Waals surface area contributed by atoms with Crippen molar-refractivity contribution in [3.63, 3.8) is 0 Å². The normalized spacial score (nSPS) is 21.7. The van der Waals surface area contributed by atoms with Gasteiger partial charge in [0.15, 0.2) is 11.5 Å². The summed E-state index contributed by atoms with van der Waals surface area (Å²) in [4.78, 5) is 28.3. The van der Waals surface area contributed by atoms with Gasteiger partial charge in [0.05, 0.1) is 6.54 Å². The number of nitrogens with one attached hydrogen (secondary N) is 1. The van der Waals surface area contributed by atoms with Gasteiger partial charge >= 0.3 is 6.09 Å². The van der Waals surface area contributed by atoms with Crippen molar-refractivity contribution >= 4 is 12.0 Å². The van der Waals surface area contributed by atoms with Gasteiger partial charge < -0.3 is 24.4 Å². The summed E-state index contributed by atoms with van der Waals surface area (Å²) >= 11 is 0. The Morgan fingerprint density at radius 1 is 1.23 bits per heavy atom. The van der Waals surface area contributed by atoms with Crippen LogP contribution in [0.1, 0.15) is 24.4 Å². The molecule has 1 aromatic carbocycles. The number of amides is 2. The number of piperidine rings is 1. The van der Waals surface area contributed by atoms with Gasteiger partial charge in [0, 0.05) is 25.9 Å². The van der Waals surface area contributed by atoms with Crippen LogP contribution in [-0.4, -0.2) is 67.9 Å². The highest BCUT2D eigenvalue weighted by molar-refractivity contribution is 5.83. The quantitative estimate of drug-likeness (QED) is 0.869. The molecule has 0 unspecified atom stereocenters. The van der Waals surface area contributed by atoms with Gasteiger partial charge in [-0.2, -0.15) is 0 Å². The molecule has 3 aliphatic heterocycles. The Labute approximate surface area is 152 Å². The molecule has 140 valence electrons. The summed E-state index contributed by atoms with van der Waals surface area (Å²) in [5, 5.41) is 2.72. The molecule has 0 aliphatic carbocycles. The van der Waals surface area contributed by atoms with E-state index in [1.165, 1.54) is 0 Å². The van der Waals surface area contributed by atoms with Crippen LogP contribution in [0.25, 0.3) is 0 Å². The van der Waals surface area contributed by atoms with E-state index in [1.54, 1.807) is 0 Å². The summed E-state index contributed by atoms with van der Waals surface area (Å²) in [5.74, 6) is 1.42. The fourth-order valence-electron chi connectivity index (χ4n) is 3.83. The fourth-order valence-corrected chi connectivity index (χ4v) is 3.83. The molecule has 1 atom stereocenters. The molecule has 1 aromatic rings. The van der Waals surface area contributed by atoms with E-state index in [-0.39, 0.29) is 18.8 Å². The minimum atomic E-state index is -0.458. The highest BCUT2D eigenvalue weighted by atomic mass is 16.7. The van der Waals surface area contributed by atoms with E-state index in [1.807, 2.05) is 42.1 Å². The second-order valence-corrected chi connectivity index (χ2v) is 7.23. The lowest BCUT2D eigenvalue weighted by atomic mass is 9.91. The average molecular weight is 361 g/mol. The number of ether oxygens (including phenoxy) is 3. The molecule has 1 spiro atoms. The Kier molecular flexibility index (Phi) is 4.14. The fraction of sp³-hybridized carbons (Fsp3) is 0.556. The number of likely N-dealkylation sites (N-methyl/N-ethyl adjacent to an activating group) is 1. The van der Waals surface area contributed by atoms with Crippen molar-refractivity contribution in [2.75, 3.05) is 40.5 Å². The van der Waals surface area contributed by atoms with Crippen molar-refractivity contribution in [2.24, 2.45) is 0 Å². The molecule has 0 bridgehead atoms. The number of hydrogen-bond donors (Lipinski definition) is 1. The third-order valence-corrected chi connectivity index (χ3v) is 5.31. The molecule has 3 heterocycles. The largest absolute Gasteiger partial charge is 0.454 e. The third kappa shape index (κ3) is 2.94. The Morgan fingerprint density at radius 2 is 1.96 bits per heavy atom. The Bertz CT molecular complexity index is 728. The summed E-state index contributed by atoms with van der Waals surface area (Å²) in [5.41, 5.74) is 0.415. The first-order valence-electron chi connectivity index (χ1n) is 8.79. The summed E-state index contributed by atoms with van der Waals surface area (Å²) in [7, 11) is 3.78. The summed E-state index contributed by atoms with van der Waals surface area (Å²) in [6, 6.07) is 5.22. The van der Waals surface area contributed by atoms with E-state index in [0.29, 0.717) is 44.0 Å². The second-order valence-electron chi connectivity index (χ2n) is 7.23. The predicted octanol–water partition coefficient (Wildman–Crippen LogP) is 1.12. The monoisotopic (exact) mass is 361 g/mol. The van der Waals surface area contributed by atoms with E-state index in [4.69, 9.17) is 14.2 Å². The van der Waals surface area contributed by atoms with E-state index < -0.39 is 11.6 Å². The zero-order valence-corrected chi connectivity index (χ0v) is 15.0. The molecule has 2 saturated heterocycles. The van der Waals surface area contributed by atoms with E-state index in [2.05, 4.69) is 5.32 Å². The molecule has 4 rings (SSSR count). The summed E-state index contributed by atoms with van der Waals surface area (Å²) in [6.07, 6.45) is 0.939. The standard InChI is InChI=1S/C18H23N3O5/c1-20(2)15(12-3-4-13-14(9-12)25-11-24-13)16(22)21-7-5-18(6-8-21)10-19-17(23)26-18/h3-4,9,15H,5-8,10-11H2,1-2H3,(H,19,23)/t15-/m0/s1. The van der Waals surface area contributed by atoms with Crippen LogP contribution in [0, 0.1) is 0 Å². The number of alkyl carbamates (subject to hydrolysis) is 1. The van der Waals surface area contributed by atoms with E-state index in [0.717, 1.165) is 5.56 Å². The molecule has 1 N–H and O–H groups in total. The summed E-state index contributed by atoms with van der Waals surface area (Å²) in [6.45, 7) is 1.87. The number of carbonyl (C=O) groups excluding carboxylic acids is 2. The lowest BCUT2D eigenvalue weighted by Gasteiger charge is -2.39. The van der Waals surface area contributed by atoms with Crippen molar-refractivity contribution in [3.05, 3.63) is 23.8 Å². The molecule has 8 heteroatoms. The van der Waals surface area contributed by atoms with E-state index in [9.17, 15) is 9.59 Å². The molecule has 8 nitrogen and oxygen atoms in total. The number of nitrogens with zero attached hydrogens (tertiary/aromatic N) is 2. The summed E-state index contributed by atoms with van der Waals surface area (Å²) < 4.78 is 16.2. The van der Waals surface area contributed by atoms with Crippen molar-refractivity contribution < 1.29 is 23.8 Å². The van der Waals surface area contributed by atoms with Gasteiger partial charge in [0.1, 0.15) is 11.6 Å².